The molecule has 1 saturated carbocycles. The first-order chi connectivity index (χ1) is 10.3. The van der Waals surface area contributed by atoms with Crippen molar-refractivity contribution < 1.29 is 27.5 Å². The highest BCUT2D eigenvalue weighted by Gasteiger charge is 2.34. The summed E-state index contributed by atoms with van der Waals surface area (Å²) in [5.41, 5.74) is -0.112. The zero-order valence-electron chi connectivity index (χ0n) is 12.2. The van der Waals surface area contributed by atoms with Gasteiger partial charge in [-0.25, -0.2) is 0 Å². The van der Waals surface area contributed by atoms with E-state index in [1.54, 1.807) is 6.07 Å². The molecule has 22 heavy (non-hydrogen) atoms. The smallest absolute Gasteiger partial charge is 0.416 e. The van der Waals surface area contributed by atoms with E-state index in [0.717, 1.165) is 6.07 Å². The van der Waals surface area contributed by atoms with Gasteiger partial charge in [-0.1, -0.05) is 12.1 Å². The third-order valence-electron chi connectivity index (χ3n) is 3.98. The molecule has 0 saturated heterocycles. The van der Waals surface area contributed by atoms with Crippen LogP contribution in [0.25, 0.3) is 0 Å². The van der Waals surface area contributed by atoms with Gasteiger partial charge in [-0.05, 0) is 36.0 Å². The van der Waals surface area contributed by atoms with Crippen LogP contribution in [0.5, 0.6) is 0 Å². The molecule has 1 aromatic carbocycles. The van der Waals surface area contributed by atoms with Gasteiger partial charge in [-0.2, -0.15) is 13.2 Å². The Morgan fingerprint density at radius 3 is 2.64 bits per heavy atom. The Kier molecular flexibility index (Phi) is 4.88. The van der Waals surface area contributed by atoms with E-state index >= 15 is 0 Å². The van der Waals surface area contributed by atoms with Crippen molar-refractivity contribution in [1.82, 2.24) is 0 Å². The number of carbonyl (C=O) groups excluding carboxylic acids is 2. The standard InChI is InChI=1S/C16H17F3O3/c1-22-15(21)7-5-10-2-3-12(9-14(10)16(17,18)19)11-4-6-13(20)8-11/h2-3,9,11H,4-8H2,1H3/t11-/m0/s1. The molecule has 0 amide bonds. The number of methoxy groups -OCH3 is 1. The maximum Gasteiger partial charge on any atom is 0.416 e. The molecular weight excluding hydrogens is 297 g/mol. The number of alkyl halides is 3. The number of ketones is 1. The Hall–Kier alpha value is -1.85. The van der Waals surface area contributed by atoms with Crippen LogP contribution in [0, 0.1) is 0 Å². The minimum Gasteiger partial charge on any atom is -0.469 e. The molecule has 0 radical (unpaired) electrons. The van der Waals surface area contributed by atoms with Gasteiger partial charge in [0, 0.05) is 19.3 Å². The van der Waals surface area contributed by atoms with Crippen molar-refractivity contribution in [3.63, 3.8) is 0 Å². The fourth-order valence-electron chi connectivity index (χ4n) is 2.77. The predicted molar refractivity (Wildman–Crippen MR) is 73.4 cm³/mol. The van der Waals surface area contributed by atoms with E-state index in [1.807, 2.05) is 0 Å². The van der Waals surface area contributed by atoms with Gasteiger partial charge in [0.05, 0.1) is 12.7 Å². The molecule has 2 rings (SSSR count). The summed E-state index contributed by atoms with van der Waals surface area (Å²) < 4.78 is 44.1. The topological polar surface area (TPSA) is 43.4 Å². The molecule has 3 nitrogen and oxygen atoms in total. The first kappa shape index (κ1) is 16.5. The highest BCUT2D eigenvalue weighted by atomic mass is 19.4. The fourth-order valence-corrected chi connectivity index (χ4v) is 2.77. The Labute approximate surface area is 126 Å². The van der Waals surface area contributed by atoms with E-state index in [1.165, 1.54) is 13.2 Å². The first-order valence-electron chi connectivity index (χ1n) is 7.09. The molecule has 0 aliphatic heterocycles. The molecule has 0 unspecified atom stereocenters. The normalized spacial score (nSPS) is 18.5. The predicted octanol–water partition coefficient (Wildman–Crippen LogP) is 3.65. The summed E-state index contributed by atoms with van der Waals surface area (Å²) in [5.74, 6) is -0.588. The lowest BCUT2D eigenvalue weighted by atomic mass is 9.92. The highest BCUT2D eigenvalue weighted by Crippen LogP contribution is 2.38. The summed E-state index contributed by atoms with van der Waals surface area (Å²) in [6.07, 6.45) is -3.27. The lowest BCUT2D eigenvalue weighted by Crippen LogP contribution is -2.12. The van der Waals surface area contributed by atoms with Crippen molar-refractivity contribution in [1.29, 1.82) is 0 Å². The van der Waals surface area contributed by atoms with E-state index in [4.69, 9.17) is 0 Å². The van der Waals surface area contributed by atoms with Crippen molar-refractivity contribution >= 4 is 11.8 Å². The molecule has 0 heterocycles. The number of rotatable bonds is 4. The molecule has 1 atom stereocenters. The molecule has 0 aromatic heterocycles. The second-order valence-electron chi connectivity index (χ2n) is 5.47. The van der Waals surface area contributed by atoms with Crippen molar-refractivity contribution in [3.05, 3.63) is 34.9 Å². The summed E-state index contributed by atoms with van der Waals surface area (Å²) >= 11 is 0. The Morgan fingerprint density at radius 1 is 1.36 bits per heavy atom. The zero-order valence-corrected chi connectivity index (χ0v) is 12.2. The van der Waals surface area contributed by atoms with Crippen LogP contribution in [0.1, 0.15) is 48.3 Å². The van der Waals surface area contributed by atoms with Crippen LogP contribution in [-0.2, 0) is 26.9 Å². The minimum atomic E-state index is -4.48. The molecule has 0 spiro atoms. The summed E-state index contributed by atoms with van der Waals surface area (Å²) in [5, 5.41) is 0. The highest BCUT2D eigenvalue weighted by molar-refractivity contribution is 5.81. The summed E-state index contributed by atoms with van der Waals surface area (Å²) in [6, 6.07) is 4.16. The molecule has 0 N–H and O–H groups in total. The van der Waals surface area contributed by atoms with Gasteiger partial charge in [-0.15, -0.1) is 0 Å². The van der Waals surface area contributed by atoms with Crippen molar-refractivity contribution in [2.45, 2.75) is 44.2 Å². The molecule has 1 aliphatic rings. The molecule has 1 fully saturated rings. The van der Waals surface area contributed by atoms with Crippen LogP contribution in [0.4, 0.5) is 13.2 Å². The Morgan fingerprint density at radius 2 is 2.09 bits per heavy atom. The van der Waals surface area contributed by atoms with Crippen LogP contribution in [-0.4, -0.2) is 18.9 Å². The van der Waals surface area contributed by atoms with E-state index in [0.29, 0.717) is 24.8 Å². The van der Waals surface area contributed by atoms with E-state index in [2.05, 4.69) is 4.74 Å². The quantitative estimate of drug-likeness (QED) is 0.797. The van der Waals surface area contributed by atoms with Gasteiger partial charge < -0.3 is 4.74 Å². The molecular formula is C16H17F3O3. The van der Waals surface area contributed by atoms with Gasteiger partial charge in [-0.3, -0.25) is 9.59 Å². The third-order valence-corrected chi connectivity index (χ3v) is 3.98. The second kappa shape index (κ2) is 6.50. The zero-order chi connectivity index (χ0) is 16.3. The van der Waals surface area contributed by atoms with Gasteiger partial charge in [0.2, 0.25) is 0 Å². The second-order valence-corrected chi connectivity index (χ2v) is 5.47. The Balaban J connectivity index is 2.26. The number of carbonyl (C=O) groups is 2. The van der Waals surface area contributed by atoms with E-state index in [9.17, 15) is 22.8 Å². The van der Waals surface area contributed by atoms with E-state index < -0.39 is 17.7 Å². The number of Topliss-reactive ketones (excluding diaryl/α,β-unsaturated/α-hetero) is 1. The fraction of sp³-hybridized carbons (Fsp3) is 0.500. The number of benzene rings is 1. The van der Waals surface area contributed by atoms with Crippen LogP contribution in [0.2, 0.25) is 0 Å². The summed E-state index contributed by atoms with van der Waals surface area (Å²) in [6.45, 7) is 0. The molecule has 120 valence electrons. The average Bonchev–Trinajstić information content (AvgIpc) is 2.90. The number of aryl methyl sites for hydroxylation is 1. The van der Waals surface area contributed by atoms with E-state index in [-0.39, 0.29) is 30.1 Å². The van der Waals surface area contributed by atoms with Crippen LogP contribution >= 0.6 is 0 Å². The molecule has 1 aliphatic carbocycles. The number of esters is 1. The van der Waals surface area contributed by atoms with Crippen LogP contribution in [0.3, 0.4) is 0 Å². The summed E-state index contributed by atoms with van der Waals surface area (Å²) in [7, 11) is 1.20. The van der Waals surface area contributed by atoms with Gasteiger partial charge >= 0.3 is 12.1 Å². The first-order valence-corrected chi connectivity index (χ1v) is 7.09. The maximum absolute atomic E-state index is 13.2. The van der Waals surface area contributed by atoms with Crippen molar-refractivity contribution in [3.8, 4) is 0 Å². The van der Waals surface area contributed by atoms with Crippen LogP contribution in [0.15, 0.2) is 18.2 Å². The molecule has 1 aromatic rings. The largest absolute Gasteiger partial charge is 0.469 e. The Bertz CT molecular complexity index is 578. The molecule has 0 bridgehead atoms. The number of halogens is 3. The SMILES string of the molecule is COC(=O)CCc1ccc([C@H]2CCC(=O)C2)cc1C(F)(F)F. The summed E-state index contributed by atoms with van der Waals surface area (Å²) in [4.78, 5) is 22.4. The van der Waals surface area contributed by atoms with Gasteiger partial charge in [0.25, 0.3) is 0 Å². The number of hydrogen-bond acceptors (Lipinski definition) is 3. The van der Waals surface area contributed by atoms with Gasteiger partial charge in [0.15, 0.2) is 0 Å². The lowest BCUT2D eigenvalue weighted by Gasteiger charge is -2.16. The number of hydrogen-bond donors (Lipinski definition) is 0. The van der Waals surface area contributed by atoms with Crippen molar-refractivity contribution in [2.75, 3.05) is 7.11 Å². The van der Waals surface area contributed by atoms with Crippen molar-refractivity contribution in [2.24, 2.45) is 0 Å². The molecule has 6 heteroatoms. The number of ether oxygens (including phenoxy) is 1. The van der Waals surface area contributed by atoms with Crippen LogP contribution < -0.4 is 0 Å². The lowest BCUT2D eigenvalue weighted by molar-refractivity contribution is -0.142. The maximum atomic E-state index is 13.2. The average molecular weight is 314 g/mol. The monoisotopic (exact) mass is 314 g/mol. The minimum absolute atomic E-state index is 0.0224. The van der Waals surface area contributed by atoms with Gasteiger partial charge in [0.1, 0.15) is 5.78 Å². The third kappa shape index (κ3) is 3.87.